The van der Waals surface area contributed by atoms with Crippen LogP contribution in [-0.2, 0) is 16.6 Å². The zero-order chi connectivity index (χ0) is 22.6. The summed E-state index contributed by atoms with van der Waals surface area (Å²) in [6.07, 6.45) is 0.709. The molecule has 166 valence electrons. The average molecular weight is 456 g/mol. The number of rotatable bonds is 6. The predicted octanol–water partition coefficient (Wildman–Crippen LogP) is 3.72. The van der Waals surface area contributed by atoms with Gasteiger partial charge in [0.15, 0.2) is 11.5 Å². The number of carbonyl (C=O) groups is 1. The minimum absolute atomic E-state index is 0.0103. The smallest absolute Gasteiger partial charge is 0.262 e. The minimum Gasteiger partial charge on any atom is -0.490 e. The molecule has 0 saturated heterocycles. The highest BCUT2D eigenvalue weighted by molar-refractivity contribution is 7.92. The highest BCUT2D eigenvalue weighted by Crippen LogP contribution is 2.32. The van der Waals surface area contributed by atoms with Crippen LogP contribution in [0.4, 0.5) is 10.1 Å². The van der Waals surface area contributed by atoms with E-state index in [4.69, 9.17) is 9.47 Å². The zero-order valence-electron chi connectivity index (χ0n) is 17.0. The van der Waals surface area contributed by atoms with E-state index in [1.54, 1.807) is 36.4 Å². The van der Waals surface area contributed by atoms with E-state index >= 15 is 0 Å². The van der Waals surface area contributed by atoms with Gasteiger partial charge in [0.2, 0.25) is 0 Å². The summed E-state index contributed by atoms with van der Waals surface area (Å²) >= 11 is 0. The Morgan fingerprint density at radius 2 is 1.72 bits per heavy atom. The van der Waals surface area contributed by atoms with Crippen molar-refractivity contribution < 1.29 is 27.1 Å². The largest absolute Gasteiger partial charge is 0.490 e. The Labute approximate surface area is 185 Å². The van der Waals surface area contributed by atoms with Crippen LogP contribution in [0.3, 0.4) is 0 Å². The van der Waals surface area contributed by atoms with Gasteiger partial charge in [-0.1, -0.05) is 24.3 Å². The Morgan fingerprint density at radius 1 is 0.938 bits per heavy atom. The molecule has 0 saturated carbocycles. The maximum Gasteiger partial charge on any atom is 0.262 e. The summed E-state index contributed by atoms with van der Waals surface area (Å²) in [5.41, 5.74) is 0.808. The van der Waals surface area contributed by atoms with Crippen molar-refractivity contribution in [3.8, 4) is 11.5 Å². The lowest BCUT2D eigenvalue weighted by Gasteiger charge is -2.12. The number of benzene rings is 3. The molecule has 0 atom stereocenters. The Balaban J connectivity index is 1.48. The van der Waals surface area contributed by atoms with E-state index in [0.29, 0.717) is 36.7 Å². The van der Waals surface area contributed by atoms with E-state index in [0.717, 1.165) is 0 Å². The number of halogens is 1. The van der Waals surface area contributed by atoms with E-state index in [2.05, 4.69) is 10.0 Å². The van der Waals surface area contributed by atoms with E-state index in [9.17, 15) is 17.6 Å². The molecule has 9 heteroatoms. The van der Waals surface area contributed by atoms with E-state index in [1.165, 1.54) is 30.3 Å². The van der Waals surface area contributed by atoms with Gasteiger partial charge in [-0.05, 0) is 36.4 Å². The highest BCUT2D eigenvalue weighted by atomic mass is 32.2. The molecule has 1 amide bonds. The normalized spacial score (nSPS) is 13.2. The average Bonchev–Trinajstić information content (AvgIpc) is 3.03. The van der Waals surface area contributed by atoms with E-state index in [1.807, 2.05) is 0 Å². The number of amides is 1. The number of hydrogen-bond acceptors (Lipinski definition) is 5. The summed E-state index contributed by atoms with van der Waals surface area (Å²) in [4.78, 5) is 12.5. The second-order valence-corrected chi connectivity index (χ2v) is 8.80. The molecule has 7 nitrogen and oxygen atoms in total. The van der Waals surface area contributed by atoms with Gasteiger partial charge in [-0.25, -0.2) is 12.8 Å². The zero-order valence-corrected chi connectivity index (χ0v) is 17.8. The summed E-state index contributed by atoms with van der Waals surface area (Å²) < 4.78 is 53.0. The lowest BCUT2D eigenvalue weighted by molar-refractivity contribution is 0.0950. The maximum atomic E-state index is 13.7. The third-order valence-corrected chi connectivity index (χ3v) is 6.18. The Hall–Kier alpha value is -3.59. The fraction of sp³-hybridized carbons (Fsp3) is 0.174. The molecule has 1 aliphatic rings. The number of anilines is 1. The van der Waals surface area contributed by atoms with Crippen molar-refractivity contribution in [1.82, 2.24) is 5.32 Å². The van der Waals surface area contributed by atoms with E-state index in [-0.39, 0.29) is 22.7 Å². The van der Waals surface area contributed by atoms with Crippen molar-refractivity contribution in [2.75, 3.05) is 17.9 Å². The second kappa shape index (κ2) is 9.27. The fourth-order valence-corrected chi connectivity index (χ4v) is 4.23. The van der Waals surface area contributed by atoms with Gasteiger partial charge in [0.25, 0.3) is 15.9 Å². The molecule has 0 bridgehead atoms. The van der Waals surface area contributed by atoms with Crippen molar-refractivity contribution in [2.45, 2.75) is 17.9 Å². The van der Waals surface area contributed by atoms with Crippen LogP contribution in [0.1, 0.15) is 22.3 Å². The molecule has 4 rings (SSSR count). The van der Waals surface area contributed by atoms with Crippen molar-refractivity contribution in [1.29, 1.82) is 0 Å². The van der Waals surface area contributed by atoms with Crippen molar-refractivity contribution in [3.63, 3.8) is 0 Å². The minimum atomic E-state index is -3.93. The lowest BCUT2D eigenvalue weighted by atomic mass is 10.1. The van der Waals surface area contributed by atoms with Gasteiger partial charge in [-0.15, -0.1) is 0 Å². The third kappa shape index (κ3) is 5.00. The molecule has 0 spiro atoms. The number of fused-ring (bicyclic) bond motifs is 1. The molecule has 1 heterocycles. The molecular weight excluding hydrogens is 435 g/mol. The number of ether oxygens (including phenoxy) is 2. The Kier molecular flexibility index (Phi) is 6.27. The number of hydrogen-bond donors (Lipinski definition) is 2. The standard InChI is InChI=1S/C23H21FN2O5S/c24-20-8-2-1-5-17(20)15-25-23(27)16-6-3-7-18(13-16)26-32(28,29)19-9-10-21-22(14-19)31-12-4-11-30-21/h1-3,5-10,13-14,26H,4,11-12,15H2,(H,25,27). The Morgan fingerprint density at radius 3 is 2.53 bits per heavy atom. The Bertz CT molecular complexity index is 1250. The third-order valence-electron chi connectivity index (χ3n) is 4.80. The van der Waals surface area contributed by atoms with Crippen LogP contribution in [-0.4, -0.2) is 27.5 Å². The lowest BCUT2D eigenvalue weighted by Crippen LogP contribution is -2.23. The predicted molar refractivity (Wildman–Crippen MR) is 117 cm³/mol. The molecule has 0 aliphatic carbocycles. The quantitative estimate of drug-likeness (QED) is 0.590. The van der Waals surface area contributed by atoms with Crippen LogP contribution in [0.5, 0.6) is 11.5 Å². The summed E-state index contributed by atoms with van der Waals surface area (Å²) in [5, 5.41) is 2.63. The van der Waals surface area contributed by atoms with Crippen LogP contribution < -0.4 is 19.5 Å². The topological polar surface area (TPSA) is 93.7 Å². The first kappa shape index (κ1) is 21.6. The van der Waals surface area contributed by atoms with Gasteiger partial charge in [-0.2, -0.15) is 0 Å². The first-order valence-electron chi connectivity index (χ1n) is 9.96. The van der Waals surface area contributed by atoms with Crippen LogP contribution in [0.2, 0.25) is 0 Å². The molecule has 0 unspecified atom stereocenters. The van der Waals surface area contributed by atoms with Gasteiger partial charge in [-0.3, -0.25) is 9.52 Å². The van der Waals surface area contributed by atoms with Crippen LogP contribution in [0.25, 0.3) is 0 Å². The maximum absolute atomic E-state index is 13.7. The van der Waals surface area contributed by atoms with Crippen LogP contribution in [0, 0.1) is 5.82 Å². The first-order chi connectivity index (χ1) is 15.4. The van der Waals surface area contributed by atoms with Crippen molar-refractivity contribution >= 4 is 21.6 Å². The molecular formula is C23H21FN2O5S. The molecule has 3 aromatic rings. The molecule has 2 N–H and O–H groups in total. The van der Waals surface area contributed by atoms with Gasteiger partial charge >= 0.3 is 0 Å². The number of sulfonamides is 1. The SMILES string of the molecule is O=C(NCc1ccccc1F)c1cccc(NS(=O)(=O)c2ccc3c(c2)OCCCO3)c1. The summed E-state index contributed by atoms with van der Waals surface area (Å²) in [6.45, 7) is 0.954. The summed E-state index contributed by atoms with van der Waals surface area (Å²) in [6, 6.07) is 16.6. The van der Waals surface area contributed by atoms with Crippen LogP contribution in [0.15, 0.2) is 71.6 Å². The first-order valence-corrected chi connectivity index (χ1v) is 11.4. The molecule has 32 heavy (non-hydrogen) atoms. The number of carbonyl (C=O) groups excluding carboxylic acids is 1. The fourth-order valence-electron chi connectivity index (χ4n) is 3.17. The van der Waals surface area contributed by atoms with Gasteiger partial charge < -0.3 is 14.8 Å². The molecule has 1 aliphatic heterocycles. The van der Waals surface area contributed by atoms with Crippen LogP contribution >= 0.6 is 0 Å². The second-order valence-electron chi connectivity index (χ2n) is 7.12. The van der Waals surface area contributed by atoms with Crippen molar-refractivity contribution in [2.24, 2.45) is 0 Å². The van der Waals surface area contributed by atoms with Crippen molar-refractivity contribution in [3.05, 3.63) is 83.7 Å². The van der Waals surface area contributed by atoms with Gasteiger partial charge in [0.1, 0.15) is 5.82 Å². The molecule has 0 radical (unpaired) electrons. The monoisotopic (exact) mass is 456 g/mol. The van der Waals surface area contributed by atoms with E-state index < -0.39 is 21.7 Å². The molecule has 0 fully saturated rings. The number of nitrogens with one attached hydrogen (secondary N) is 2. The summed E-state index contributed by atoms with van der Waals surface area (Å²) in [5.74, 6) is -0.00376. The molecule has 0 aromatic heterocycles. The van der Waals surface area contributed by atoms with Gasteiger partial charge in [0, 0.05) is 35.8 Å². The molecule has 3 aromatic carbocycles. The highest BCUT2D eigenvalue weighted by Gasteiger charge is 2.19. The summed E-state index contributed by atoms with van der Waals surface area (Å²) in [7, 11) is -3.93. The van der Waals surface area contributed by atoms with Gasteiger partial charge in [0.05, 0.1) is 18.1 Å².